The Morgan fingerprint density at radius 1 is 1.55 bits per heavy atom. The van der Waals surface area contributed by atoms with E-state index in [1.807, 2.05) is 0 Å². The summed E-state index contributed by atoms with van der Waals surface area (Å²) in [5.74, 6) is -1.56. The first kappa shape index (κ1) is 13.7. The number of nitro groups is 1. The molecule has 0 fully saturated rings. The van der Waals surface area contributed by atoms with E-state index in [1.165, 1.54) is 6.07 Å². The van der Waals surface area contributed by atoms with Crippen molar-refractivity contribution in [2.24, 2.45) is 0 Å². The van der Waals surface area contributed by atoms with Gasteiger partial charge in [0.1, 0.15) is 0 Å². The Morgan fingerprint density at radius 2 is 2.30 bits per heavy atom. The van der Waals surface area contributed by atoms with E-state index in [0.717, 1.165) is 17.7 Å². The van der Waals surface area contributed by atoms with Crippen molar-refractivity contribution in [3.05, 3.63) is 57.7 Å². The minimum absolute atomic E-state index is 0.0171. The van der Waals surface area contributed by atoms with Crippen LogP contribution in [-0.2, 0) is 0 Å². The number of nitrogens with zero attached hydrogens (tertiary/aromatic N) is 2. The molecule has 0 aliphatic rings. The van der Waals surface area contributed by atoms with Crippen molar-refractivity contribution in [2.45, 2.75) is 13.0 Å². The summed E-state index contributed by atoms with van der Waals surface area (Å²) in [5.41, 5.74) is 0.119. The van der Waals surface area contributed by atoms with Crippen LogP contribution in [0.1, 0.15) is 28.9 Å². The van der Waals surface area contributed by atoms with Gasteiger partial charge in [-0.2, -0.15) is 9.49 Å². The van der Waals surface area contributed by atoms with Crippen molar-refractivity contribution in [1.82, 2.24) is 15.5 Å². The standard InChI is InChI=1S/C12H11FN4O3/c1-7(9-5-14-15-6-9)16-12(18)8-2-3-11(17(19)20)10(13)4-8/h2-7H,1H3,(H,14,15)(H,16,18). The number of hydrogen-bond acceptors (Lipinski definition) is 4. The van der Waals surface area contributed by atoms with Crippen LogP contribution in [0.15, 0.2) is 30.6 Å². The summed E-state index contributed by atoms with van der Waals surface area (Å²) in [6, 6.07) is 2.69. The van der Waals surface area contributed by atoms with Gasteiger partial charge in [0.15, 0.2) is 0 Å². The molecule has 7 nitrogen and oxygen atoms in total. The lowest BCUT2D eigenvalue weighted by molar-refractivity contribution is -0.387. The van der Waals surface area contributed by atoms with Crippen LogP contribution in [0, 0.1) is 15.9 Å². The molecule has 1 aromatic heterocycles. The molecule has 104 valence electrons. The Morgan fingerprint density at radius 3 is 2.85 bits per heavy atom. The van der Waals surface area contributed by atoms with Gasteiger partial charge in [-0.15, -0.1) is 0 Å². The third-order valence-corrected chi connectivity index (χ3v) is 2.77. The highest BCUT2D eigenvalue weighted by atomic mass is 19.1. The number of nitro benzene ring substituents is 1. The molecule has 2 rings (SSSR count). The van der Waals surface area contributed by atoms with Crippen LogP contribution in [0.25, 0.3) is 0 Å². The summed E-state index contributed by atoms with van der Waals surface area (Å²) in [4.78, 5) is 21.6. The average molecular weight is 278 g/mol. The second-order valence-corrected chi connectivity index (χ2v) is 4.15. The first-order valence-electron chi connectivity index (χ1n) is 5.72. The summed E-state index contributed by atoms with van der Waals surface area (Å²) in [6.07, 6.45) is 3.18. The lowest BCUT2D eigenvalue weighted by Gasteiger charge is -2.11. The van der Waals surface area contributed by atoms with E-state index < -0.39 is 22.3 Å². The minimum atomic E-state index is -1.04. The Labute approximate surface area is 113 Å². The van der Waals surface area contributed by atoms with Crippen molar-refractivity contribution in [3.63, 3.8) is 0 Å². The summed E-state index contributed by atoms with van der Waals surface area (Å²) in [5, 5.41) is 19.5. The van der Waals surface area contributed by atoms with Gasteiger partial charge in [0.05, 0.1) is 17.2 Å². The lowest BCUT2D eigenvalue weighted by Crippen LogP contribution is -2.26. The molecule has 1 unspecified atom stereocenters. The number of H-pyrrole nitrogens is 1. The van der Waals surface area contributed by atoms with Gasteiger partial charge in [0.25, 0.3) is 5.91 Å². The highest BCUT2D eigenvalue weighted by Crippen LogP contribution is 2.18. The smallest absolute Gasteiger partial charge is 0.304 e. The van der Waals surface area contributed by atoms with Crippen molar-refractivity contribution in [1.29, 1.82) is 0 Å². The molecule has 1 heterocycles. The zero-order valence-corrected chi connectivity index (χ0v) is 10.5. The largest absolute Gasteiger partial charge is 0.345 e. The molecule has 0 aliphatic heterocycles. The van der Waals surface area contributed by atoms with Crippen LogP contribution >= 0.6 is 0 Å². The van der Waals surface area contributed by atoms with E-state index in [4.69, 9.17) is 0 Å². The summed E-state index contributed by atoms with van der Waals surface area (Å²) in [7, 11) is 0. The molecule has 1 amide bonds. The minimum Gasteiger partial charge on any atom is -0.345 e. The molecule has 1 aromatic carbocycles. The summed E-state index contributed by atoms with van der Waals surface area (Å²) < 4.78 is 13.4. The molecular formula is C12H11FN4O3. The molecule has 8 heteroatoms. The van der Waals surface area contributed by atoms with Crippen LogP contribution in [0.2, 0.25) is 0 Å². The summed E-state index contributed by atoms with van der Waals surface area (Å²) in [6.45, 7) is 1.74. The Kier molecular flexibility index (Phi) is 3.74. The van der Waals surface area contributed by atoms with Gasteiger partial charge in [0.2, 0.25) is 5.82 Å². The summed E-state index contributed by atoms with van der Waals surface area (Å²) >= 11 is 0. The third-order valence-electron chi connectivity index (χ3n) is 2.77. The molecule has 2 N–H and O–H groups in total. The molecule has 2 aromatic rings. The highest BCUT2D eigenvalue weighted by Gasteiger charge is 2.18. The number of benzene rings is 1. The number of hydrogen-bond donors (Lipinski definition) is 2. The number of carbonyl (C=O) groups is 1. The third kappa shape index (κ3) is 2.79. The van der Waals surface area contributed by atoms with Crippen molar-refractivity contribution in [3.8, 4) is 0 Å². The molecular weight excluding hydrogens is 267 g/mol. The van der Waals surface area contributed by atoms with Gasteiger partial charge >= 0.3 is 5.69 Å². The molecule has 0 saturated carbocycles. The van der Waals surface area contributed by atoms with Gasteiger partial charge < -0.3 is 5.32 Å². The number of rotatable bonds is 4. The topological polar surface area (TPSA) is 101 Å². The number of aromatic nitrogens is 2. The Hall–Kier alpha value is -2.77. The fourth-order valence-electron chi connectivity index (χ4n) is 1.66. The first-order chi connectivity index (χ1) is 9.49. The van der Waals surface area contributed by atoms with Gasteiger partial charge in [-0.25, -0.2) is 0 Å². The maximum Gasteiger partial charge on any atom is 0.304 e. The maximum atomic E-state index is 13.4. The van der Waals surface area contributed by atoms with Crippen molar-refractivity contribution >= 4 is 11.6 Å². The molecule has 0 saturated heterocycles. The number of aromatic amines is 1. The zero-order valence-electron chi connectivity index (χ0n) is 10.5. The molecule has 0 radical (unpaired) electrons. The molecule has 1 atom stereocenters. The quantitative estimate of drug-likeness (QED) is 0.659. The van der Waals surface area contributed by atoms with Gasteiger partial charge in [0, 0.05) is 23.4 Å². The monoisotopic (exact) mass is 278 g/mol. The zero-order chi connectivity index (χ0) is 14.7. The normalized spacial score (nSPS) is 11.9. The van der Waals surface area contributed by atoms with Crippen molar-refractivity contribution < 1.29 is 14.1 Å². The first-order valence-corrected chi connectivity index (χ1v) is 5.72. The van der Waals surface area contributed by atoms with Gasteiger partial charge in [-0.1, -0.05) is 0 Å². The molecule has 0 spiro atoms. The predicted octanol–water partition coefficient (Wildman–Crippen LogP) is 1.95. The van der Waals surface area contributed by atoms with E-state index in [-0.39, 0.29) is 11.6 Å². The maximum absolute atomic E-state index is 13.4. The van der Waals surface area contributed by atoms with E-state index in [0.29, 0.717) is 0 Å². The van der Waals surface area contributed by atoms with Crippen LogP contribution in [-0.4, -0.2) is 21.0 Å². The molecule has 0 bridgehead atoms. The Bertz CT molecular complexity index is 642. The predicted molar refractivity (Wildman–Crippen MR) is 67.5 cm³/mol. The fraction of sp³-hybridized carbons (Fsp3) is 0.167. The van der Waals surface area contributed by atoms with E-state index in [9.17, 15) is 19.3 Å². The average Bonchev–Trinajstić information content (AvgIpc) is 2.91. The van der Waals surface area contributed by atoms with Gasteiger partial charge in [-0.3, -0.25) is 20.0 Å². The second-order valence-electron chi connectivity index (χ2n) is 4.15. The second kappa shape index (κ2) is 5.47. The molecule has 20 heavy (non-hydrogen) atoms. The number of halogens is 1. The number of carbonyl (C=O) groups excluding carboxylic acids is 1. The molecule has 0 aliphatic carbocycles. The number of nitrogens with one attached hydrogen (secondary N) is 2. The highest BCUT2D eigenvalue weighted by molar-refractivity contribution is 5.94. The number of amides is 1. The van der Waals surface area contributed by atoms with Crippen LogP contribution < -0.4 is 5.32 Å². The van der Waals surface area contributed by atoms with Crippen LogP contribution in [0.4, 0.5) is 10.1 Å². The SMILES string of the molecule is CC(NC(=O)c1ccc([N+](=O)[O-])c(F)c1)c1cn[nH]c1. The van der Waals surface area contributed by atoms with Crippen LogP contribution in [0.5, 0.6) is 0 Å². The fourth-order valence-corrected chi connectivity index (χ4v) is 1.66. The van der Waals surface area contributed by atoms with E-state index >= 15 is 0 Å². The van der Waals surface area contributed by atoms with Crippen molar-refractivity contribution in [2.75, 3.05) is 0 Å². The Balaban J connectivity index is 2.14. The van der Waals surface area contributed by atoms with Crippen LogP contribution in [0.3, 0.4) is 0 Å². The van der Waals surface area contributed by atoms with E-state index in [2.05, 4.69) is 15.5 Å². The van der Waals surface area contributed by atoms with E-state index in [1.54, 1.807) is 19.3 Å². The lowest BCUT2D eigenvalue weighted by atomic mass is 10.1. The van der Waals surface area contributed by atoms with Gasteiger partial charge in [-0.05, 0) is 19.1 Å².